The highest BCUT2D eigenvalue weighted by molar-refractivity contribution is 5.34. The third kappa shape index (κ3) is 2.49. The van der Waals surface area contributed by atoms with E-state index in [0.29, 0.717) is 17.8 Å². The number of aliphatic hydroxyl groups excluding tert-OH is 2. The molecule has 4 aliphatic carbocycles. The Morgan fingerprint density at radius 2 is 1.77 bits per heavy atom. The number of aliphatic hydroxyl groups is 2. The molecule has 0 aliphatic heterocycles. The van der Waals surface area contributed by atoms with E-state index >= 15 is 0 Å². The van der Waals surface area contributed by atoms with Crippen molar-refractivity contribution >= 4 is 0 Å². The van der Waals surface area contributed by atoms with E-state index in [-0.39, 0.29) is 22.8 Å². The lowest BCUT2D eigenvalue weighted by Crippen LogP contribution is -2.50. The minimum atomic E-state index is -0.439. The van der Waals surface area contributed by atoms with Crippen LogP contribution in [0.3, 0.4) is 0 Å². The third-order valence-corrected chi connectivity index (χ3v) is 8.97. The van der Waals surface area contributed by atoms with Gasteiger partial charge in [-0.15, -0.1) is 0 Å². The minimum absolute atomic E-state index is 0.0606. The monoisotopic (exact) mass is 362 g/mol. The van der Waals surface area contributed by atoms with Crippen molar-refractivity contribution in [3.63, 3.8) is 0 Å². The van der Waals surface area contributed by atoms with Gasteiger partial charge in [-0.25, -0.2) is 4.39 Å². The molecule has 0 radical (unpaired) electrons. The van der Waals surface area contributed by atoms with Crippen LogP contribution in [-0.2, 0) is 0 Å². The Morgan fingerprint density at radius 1 is 1.08 bits per heavy atom. The van der Waals surface area contributed by atoms with Crippen LogP contribution in [0, 0.1) is 28.6 Å². The van der Waals surface area contributed by atoms with Crippen molar-refractivity contribution in [1.82, 2.24) is 0 Å². The molecule has 2 N–H and O–H groups in total. The fourth-order valence-electron chi connectivity index (χ4n) is 7.63. The highest BCUT2D eigenvalue weighted by atomic mass is 19.1. The number of hydrogen-bond acceptors (Lipinski definition) is 2. The quantitative estimate of drug-likeness (QED) is 0.654. The zero-order chi connectivity index (χ0) is 18.7. The van der Waals surface area contributed by atoms with Gasteiger partial charge in [0.15, 0.2) is 0 Å². The third-order valence-electron chi connectivity index (χ3n) is 8.97. The molecule has 3 saturated carbocycles. The summed E-state index contributed by atoms with van der Waals surface area (Å²) < 4.78 is 14.4. The molecule has 0 aromatic carbocycles. The van der Waals surface area contributed by atoms with Crippen molar-refractivity contribution in [2.24, 2.45) is 28.6 Å². The average Bonchev–Trinajstić information content (AvgIpc) is 2.98. The molecule has 4 rings (SSSR count). The lowest BCUT2D eigenvalue weighted by atomic mass is 9.46. The van der Waals surface area contributed by atoms with Crippen LogP contribution >= 0.6 is 0 Å². The van der Waals surface area contributed by atoms with Crippen molar-refractivity contribution in [3.05, 3.63) is 22.5 Å². The van der Waals surface area contributed by atoms with Gasteiger partial charge in [-0.05, 0) is 91.9 Å². The number of hydrogen-bond donors (Lipinski definition) is 2. The first-order valence-electron chi connectivity index (χ1n) is 10.7. The van der Waals surface area contributed by atoms with E-state index in [0.717, 1.165) is 63.4 Å². The van der Waals surface area contributed by atoms with Crippen LogP contribution in [0.15, 0.2) is 22.5 Å². The molecule has 0 unspecified atom stereocenters. The lowest BCUT2D eigenvalue weighted by Gasteiger charge is -2.58. The molecule has 4 aliphatic rings. The minimum Gasteiger partial charge on any atom is -0.393 e. The Labute approximate surface area is 157 Å². The zero-order valence-electron chi connectivity index (χ0n) is 16.7. The predicted octanol–water partition coefficient (Wildman–Crippen LogP) is 5.31. The smallest absolute Gasteiger partial charge is 0.125 e. The summed E-state index contributed by atoms with van der Waals surface area (Å²) in [5.74, 6) is 1.59. The van der Waals surface area contributed by atoms with Gasteiger partial charge in [-0.1, -0.05) is 31.9 Å². The molecular formula is C23H35FO2. The second-order valence-corrected chi connectivity index (χ2v) is 9.87. The average molecular weight is 363 g/mol. The molecule has 2 nitrogen and oxygen atoms in total. The van der Waals surface area contributed by atoms with Gasteiger partial charge < -0.3 is 10.2 Å². The highest BCUT2D eigenvalue weighted by Crippen LogP contribution is 2.67. The van der Waals surface area contributed by atoms with Gasteiger partial charge >= 0.3 is 0 Å². The Bertz CT molecular complexity index is 651. The van der Waals surface area contributed by atoms with E-state index in [1.54, 1.807) is 11.1 Å². The molecule has 3 fully saturated rings. The summed E-state index contributed by atoms with van der Waals surface area (Å²) in [4.78, 5) is 0. The van der Waals surface area contributed by atoms with E-state index in [2.05, 4.69) is 20.8 Å². The van der Waals surface area contributed by atoms with Gasteiger partial charge in [-0.3, -0.25) is 0 Å². The van der Waals surface area contributed by atoms with Gasteiger partial charge in [0.2, 0.25) is 0 Å². The summed E-state index contributed by atoms with van der Waals surface area (Å²) in [5.41, 5.74) is 4.24. The SMILES string of the molecule is CCC1=C2C[C@@H](O)CC[C@]2(C)[C@H]2CC[C@]3(C)C(=C(F)CO)CC[C@H]3[C@@H]2C1. The van der Waals surface area contributed by atoms with Crippen LogP contribution in [0.25, 0.3) is 0 Å². The number of fused-ring (bicyclic) bond motifs is 5. The molecule has 0 saturated heterocycles. The summed E-state index contributed by atoms with van der Waals surface area (Å²) in [5, 5.41) is 19.6. The maximum Gasteiger partial charge on any atom is 0.125 e. The van der Waals surface area contributed by atoms with Crippen LogP contribution in [-0.4, -0.2) is 22.9 Å². The van der Waals surface area contributed by atoms with Crippen LogP contribution in [0.4, 0.5) is 4.39 Å². The van der Waals surface area contributed by atoms with Gasteiger partial charge in [0.1, 0.15) is 5.83 Å². The molecule has 0 amide bonds. The molecule has 146 valence electrons. The molecular weight excluding hydrogens is 327 g/mol. The molecule has 0 aromatic rings. The standard InChI is InChI=1S/C23H35FO2/c1-4-14-11-16-17-5-6-19(21(24)13-25)22(17,2)10-8-18(16)23(3)9-7-15(26)12-20(14)23/h15-18,25-26H,4-13H2,1-3H3/t15-,16-,17-,18-,22-,23+/m0/s1. The van der Waals surface area contributed by atoms with Gasteiger partial charge in [0, 0.05) is 0 Å². The van der Waals surface area contributed by atoms with E-state index in [4.69, 9.17) is 0 Å². The predicted molar refractivity (Wildman–Crippen MR) is 102 cm³/mol. The topological polar surface area (TPSA) is 40.5 Å². The van der Waals surface area contributed by atoms with Crippen molar-refractivity contribution in [2.75, 3.05) is 6.61 Å². The number of allylic oxidation sites excluding steroid dienone is 2. The summed E-state index contributed by atoms with van der Waals surface area (Å²) in [7, 11) is 0. The lowest BCUT2D eigenvalue weighted by molar-refractivity contribution is -0.0310. The second kappa shape index (κ2) is 6.44. The first-order chi connectivity index (χ1) is 12.3. The molecule has 0 aromatic heterocycles. The summed E-state index contributed by atoms with van der Waals surface area (Å²) in [6, 6.07) is 0. The molecule has 0 heterocycles. The Kier molecular flexibility index (Phi) is 4.63. The van der Waals surface area contributed by atoms with Crippen LogP contribution < -0.4 is 0 Å². The van der Waals surface area contributed by atoms with Crippen molar-refractivity contribution in [3.8, 4) is 0 Å². The van der Waals surface area contributed by atoms with E-state index < -0.39 is 6.61 Å². The summed E-state index contributed by atoms with van der Waals surface area (Å²) >= 11 is 0. The molecule has 0 bridgehead atoms. The van der Waals surface area contributed by atoms with Crippen molar-refractivity contribution in [2.45, 2.75) is 84.7 Å². The Morgan fingerprint density at radius 3 is 2.46 bits per heavy atom. The van der Waals surface area contributed by atoms with Crippen molar-refractivity contribution in [1.29, 1.82) is 0 Å². The van der Waals surface area contributed by atoms with E-state index in [9.17, 15) is 14.6 Å². The summed E-state index contributed by atoms with van der Waals surface area (Å²) in [6.07, 6.45) is 9.07. The van der Waals surface area contributed by atoms with Crippen LogP contribution in [0.5, 0.6) is 0 Å². The maximum absolute atomic E-state index is 14.4. The maximum atomic E-state index is 14.4. The Hall–Kier alpha value is -0.670. The first kappa shape index (κ1) is 18.7. The Balaban J connectivity index is 1.74. The van der Waals surface area contributed by atoms with Crippen molar-refractivity contribution < 1.29 is 14.6 Å². The number of halogens is 1. The molecule has 6 atom stereocenters. The van der Waals surface area contributed by atoms with Crippen LogP contribution in [0.2, 0.25) is 0 Å². The van der Waals surface area contributed by atoms with Gasteiger partial charge in [0.05, 0.1) is 12.7 Å². The fourth-order valence-corrected chi connectivity index (χ4v) is 7.63. The number of rotatable bonds is 2. The largest absolute Gasteiger partial charge is 0.393 e. The fraction of sp³-hybridized carbons (Fsp3) is 0.826. The van der Waals surface area contributed by atoms with Gasteiger partial charge in [-0.2, -0.15) is 0 Å². The normalized spacial score (nSPS) is 47.3. The van der Waals surface area contributed by atoms with Gasteiger partial charge in [0.25, 0.3) is 0 Å². The highest BCUT2D eigenvalue weighted by Gasteiger charge is 2.58. The zero-order valence-corrected chi connectivity index (χ0v) is 16.7. The molecule has 26 heavy (non-hydrogen) atoms. The van der Waals surface area contributed by atoms with E-state index in [1.165, 1.54) is 0 Å². The second-order valence-electron chi connectivity index (χ2n) is 9.87. The molecule has 3 heteroatoms. The van der Waals surface area contributed by atoms with Crippen LogP contribution in [0.1, 0.15) is 78.6 Å². The molecule has 0 spiro atoms. The first-order valence-corrected chi connectivity index (χ1v) is 10.7. The van der Waals surface area contributed by atoms with E-state index in [1.807, 2.05) is 0 Å². The summed E-state index contributed by atoms with van der Waals surface area (Å²) in [6.45, 7) is 6.55.